The molecule has 7 N–H and O–H groups in total. The second kappa shape index (κ2) is 8.08. The Balaban J connectivity index is 2.83. The lowest BCUT2D eigenvalue weighted by atomic mass is 9.99. The van der Waals surface area contributed by atoms with Crippen molar-refractivity contribution in [2.75, 3.05) is 13.2 Å². The molecule has 1 aliphatic rings. The van der Waals surface area contributed by atoms with Gasteiger partial charge in [0.1, 0.15) is 42.7 Å². The van der Waals surface area contributed by atoms with Crippen LogP contribution in [0.2, 0.25) is 0 Å². The summed E-state index contributed by atoms with van der Waals surface area (Å²) in [5.41, 5.74) is 0. The minimum atomic E-state index is -1.82. The zero-order chi connectivity index (χ0) is 16.2. The first-order valence-corrected chi connectivity index (χ1v) is 6.25. The van der Waals surface area contributed by atoms with Gasteiger partial charge in [0, 0.05) is 0 Å². The summed E-state index contributed by atoms with van der Waals surface area (Å²) in [6.07, 6.45) is -13.0. The third-order valence-electron chi connectivity index (χ3n) is 3.18. The van der Waals surface area contributed by atoms with E-state index in [9.17, 15) is 30.3 Å². The van der Waals surface area contributed by atoms with Crippen LogP contribution in [0.1, 0.15) is 0 Å². The molecule has 0 aromatic rings. The number of ether oxygens (including phenoxy) is 2. The van der Waals surface area contributed by atoms with Crippen molar-refractivity contribution in [1.29, 1.82) is 0 Å². The fourth-order valence-electron chi connectivity index (χ4n) is 1.91. The number of carbonyl (C=O) groups excluding carboxylic acids is 1. The minimum Gasteiger partial charge on any atom is -0.394 e. The van der Waals surface area contributed by atoms with Crippen molar-refractivity contribution >= 4 is 6.29 Å². The van der Waals surface area contributed by atoms with Crippen molar-refractivity contribution in [2.24, 2.45) is 0 Å². The number of aldehydes is 1. The Hall–Kier alpha value is -0.690. The molecule has 1 aliphatic heterocycles. The molecule has 0 aromatic carbocycles. The summed E-state index contributed by atoms with van der Waals surface area (Å²) in [6, 6.07) is 0. The van der Waals surface area contributed by atoms with Crippen molar-refractivity contribution in [2.45, 2.75) is 49.0 Å². The first kappa shape index (κ1) is 18.4. The zero-order valence-corrected chi connectivity index (χ0v) is 11.0. The number of rotatable bonds is 7. The van der Waals surface area contributed by atoms with Crippen LogP contribution in [0.3, 0.4) is 0 Å². The average molecular weight is 312 g/mol. The van der Waals surface area contributed by atoms with Crippen LogP contribution in [0.5, 0.6) is 0 Å². The molecule has 10 nitrogen and oxygen atoms in total. The van der Waals surface area contributed by atoms with Crippen molar-refractivity contribution in [3.63, 3.8) is 0 Å². The van der Waals surface area contributed by atoms with Gasteiger partial charge in [0.25, 0.3) is 0 Å². The maximum absolute atomic E-state index is 10.6. The van der Waals surface area contributed by atoms with Crippen LogP contribution in [0.4, 0.5) is 0 Å². The van der Waals surface area contributed by atoms with Crippen LogP contribution in [-0.2, 0) is 14.3 Å². The summed E-state index contributed by atoms with van der Waals surface area (Å²) in [4.78, 5) is 10.6. The molecule has 0 spiro atoms. The molecule has 21 heavy (non-hydrogen) atoms. The van der Waals surface area contributed by atoms with Crippen molar-refractivity contribution in [3.05, 3.63) is 0 Å². The summed E-state index contributed by atoms with van der Waals surface area (Å²) in [7, 11) is 0. The number of carbonyl (C=O) groups is 1. The van der Waals surface area contributed by atoms with Gasteiger partial charge in [0.05, 0.1) is 13.2 Å². The molecule has 1 saturated heterocycles. The highest BCUT2D eigenvalue weighted by Crippen LogP contribution is 2.24. The molecule has 1 rings (SSSR count). The van der Waals surface area contributed by atoms with Crippen LogP contribution in [0.15, 0.2) is 0 Å². The third-order valence-corrected chi connectivity index (χ3v) is 3.18. The fourth-order valence-corrected chi connectivity index (χ4v) is 1.91. The van der Waals surface area contributed by atoms with Gasteiger partial charge in [0.15, 0.2) is 12.6 Å². The normalized spacial score (nSPS) is 37.8. The lowest BCUT2D eigenvalue weighted by Crippen LogP contribution is -2.61. The summed E-state index contributed by atoms with van der Waals surface area (Å²) in [5.74, 6) is 0. The average Bonchev–Trinajstić information content (AvgIpc) is 2.50. The SMILES string of the molecule is O=C[C@H](O)[C@@H](O[C@H]1O[C@H](CO)[C@H](O)[C@H](O)[C@H]1O)[C@@H](O)CO. The summed E-state index contributed by atoms with van der Waals surface area (Å²) >= 11 is 0. The number of aliphatic hydroxyl groups excluding tert-OH is 7. The van der Waals surface area contributed by atoms with Crippen molar-refractivity contribution in [1.82, 2.24) is 0 Å². The van der Waals surface area contributed by atoms with E-state index in [4.69, 9.17) is 19.7 Å². The van der Waals surface area contributed by atoms with Crippen LogP contribution in [0, 0.1) is 0 Å². The Labute approximate surface area is 119 Å². The van der Waals surface area contributed by atoms with E-state index < -0.39 is 62.2 Å². The molecule has 0 amide bonds. The quantitative estimate of drug-likeness (QED) is 0.225. The Morgan fingerprint density at radius 2 is 1.71 bits per heavy atom. The van der Waals surface area contributed by atoms with E-state index in [0.29, 0.717) is 0 Å². The highest BCUT2D eigenvalue weighted by Gasteiger charge is 2.46. The van der Waals surface area contributed by atoms with Gasteiger partial charge in [-0.2, -0.15) is 0 Å². The molecule has 0 bridgehead atoms. The van der Waals surface area contributed by atoms with Gasteiger partial charge in [-0.15, -0.1) is 0 Å². The molecule has 0 aromatic heterocycles. The molecule has 1 fully saturated rings. The fraction of sp³-hybridized carbons (Fsp3) is 0.909. The van der Waals surface area contributed by atoms with Crippen molar-refractivity contribution < 1.29 is 50.0 Å². The lowest BCUT2D eigenvalue weighted by molar-refractivity contribution is -0.322. The molecule has 124 valence electrons. The van der Waals surface area contributed by atoms with Gasteiger partial charge in [-0.1, -0.05) is 0 Å². The third kappa shape index (κ3) is 4.16. The monoisotopic (exact) mass is 312 g/mol. The van der Waals surface area contributed by atoms with Gasteiger partial charge in [0.2, 0.25) is 0 Å². The second-order valence-electron chi connectivity index (χ2n) is 4.67. The topological polar surface area (TPSA) is 177 Å². The van der Waals surface area contributed by atoms with Crippen molar-refractivity contribution in [3.8, 4) is 0 Å². The molecule has 0 unspecified atom stereocenters. The van der Waals surface area contributed by atoms with Gasteiger partial charge in [-0.25, -0.2) is 0 Å². The standard InChI is InChI=1S/C11H20O10/c12-1-4(15)10(5(16)2-13)21-11-9(19)8(18)7(17)6(3-14)20-11/h1,4-11,13-19H,2-3H2/t4-,5-,6+,7-,8-,9+,10+,11+/m0/s1. The maximum Gasteiger partial charge on any atom is 0.187 e. The highest BCUT2D eigenvalue weighted by atomic mass is 16.7. The molecular formula is C11H20O10. The van der Waals surface area contributed by atoms with Crippen LogP contribution in [0.25, 0.3) is 0 Å². The lowest BCUT2D eigenvalue weighted by Gasteiger charge is -2.41. The van der Waals surface area contributed by atoms with E-state index in [2.05, 4.69) is 0 Å². The van der Waals surface area contributed by atoms with E-state index >= 15 is 0 Å². The van der Waals surface area contributed by atoms with Crippen LogP contribution < -0.4 is 0 Å². The summed E-state index contributed by atoms with van der Waals surface area (Å²) in [6.45, 7) is -1.53. The van der Waals surface area contributed by atoms with E-state index in [1.165, 1.54) is 0 Å². The summed E-state index contributed by atoms with van der Waals surface area (Å²) in [5, 5.41) is 65.6. The first-order chi connectivity index (χ1) is 9.87. The number of hydrogen-bond donors (Lipinski definition) is 7. The molecule has 0 saturated carbocycles. The number of aliphatic hydroxyl groups is 7. The molecule has 0 radical (unpaired) electrons. The molecule has 8 atom stereocenters. The molecule has 0 aliphatic carbocycles. The second-order valence-corrected chi connectivity index (χ2v) is 4.67. The number of hydrogen-bond acceptors (Lipinski definition) is 10. The minimum absolute atomic E-state index is 0.0492. The van der Waals surface area contributed by atoms with Gasteiger partial charge >= 0.3 is 0 Å². The van der Waals surface area contributed by atoms with E-state index in [1.54, 1.807) is 0 Å². The van der Waals surface area contributed by atoms with Gasteiger partial charge in [-0.3, -0.25) is 0 Å². The van der Waals surface area contributed by atoms with Gasteiger partial charge < -0.3 is 50.0 Å². The molecule has 1 heterocycles. The smallest absolute Gasteiger partial charge is 0.187 e. The summed E-state index contributed by atoms with van der Waals surface area (Å²) < 4.78 is 10.0. The van der Waals surface area contributed by atoms with E-state index in [0.717, 1.165) is 0 Å². The van der Waals surface area contributed by atoms with Gasteiger partial charge in [-0.05, 0) is 0 Å². The molecular weight excluding hydrogens is 292 g/mol. The Morgan fingerprint density at radius 1 is 1.10 bits per heavy atom. The Morgan fingerprint density at radius 3 is 2.19 bits per heavy atom. The Kier molecular flexibility index (Phi) is 7.06. The van der Waals surface area contributed by atoms with E-state index in [-0.39, 0.29) is 6.29 Å². The zero-order valence-electron chi connectivity index (χ0n) is 11.0. The first-order valence-electron chi connectivity index (χ1n) is 6.25. The molecule has 10 heteroatoms. The van der Waals surface area contributed by atoms with E-state index in [1.807, 2.05) is 0 Å². The Bertz CT molecular complexity index is 324. The maximum atomic E-state index is 10.6. The predicted octanol–water partition coefficient (Wildman–Crippen LogP) is -4.92. The predicted molar refractivity (Wildman–Crippen MR) is 63.8 cm³/mol. The van der Waals surface area contributed by atoms with Crippen LogP contribution >= 0.6 is 0 Å². The highest BCUT2D eigenvalue weighted by molar-refractivity contribution is 5.56. The largest absolute Gasteiger partial charge is 0.394 e. The van der Waals surface area contributed by atoms with Crippen LogP contribution in [-0.4, -0.2) is 104 Å².